The second-order valence-corrected chi connectivity index (χ2v) is 3.98. The lowest BCUT2D eigenvalue weighted by atomic mass is 10.1. The van der Waals surface area contributed by atoms with Gasteiger partial charge in [-0.2, -0.15) is 0 Å². The Kier molecular flexibility index (Phi) is 8.33. The highest BCUT2D eigenvalue weighted by Gasteiger charge is 2.08. The van der Waals surface area contributed by atoms with Crippen molar-refractivity contribution in [3.05, 3.63) is 0 Å². The molecule has 0 aliphatic rings. The van der Waals surface area contributed by atoms with E-state index >= 15 is 0 Å². The van der Waals surface area contributed by atoms with Crippen molar-refractivity contribution in [1.82, 2.24) is 5.32 Å². The molecule has 0 rings (SSSR count). The summed E-state index contributed by atoms with van der Waals surface area (Å²) >= 11 is 0. The van der Waals surface area contributed by atoms with Gasteiger partial charge in [-0.3, -0.25) is 4.79 Å². The van der Waals surface area contributed by atoms with Gasteiger partial charge in [-0.05, 0) is 33.6 Å². The largest absolute Gasteiger partial charge is 0.382 e. The van der Waals surface area contributed by atoms with Crippen LogP contribution in [0.25, 0.3) is 0 Å². The first-order valence-corrected chi connectivity index (χ1v) is 5.69. The van der Waals surface area contributed by atoms with E-state index in [-0.39, 0.29) is 18.0 Å². The Hall–Kier alpha value is -0.610. The summed E-state index contributed by atoms with van der Waals surface area (Å²) in [4.78, 5) is 11.4. The molecule has 0 spiro atoms. The SMILES string of the molecule is CCOCCCC(=O)NC(C)CC(C)N. The molecule has 0 aromatic rings. The zero-order chi connectivity index (χ0) is 11.7. The third kappa shape index (κ3) is 9.69. The highest BCUT2D eigenvalue weighted by atomic mass is 16.5. The van der Waals surface area contributed by atoms with E-state index in [1.54, 1.807) is 0 Å². The molecule has 2 atom stereocenters. The van der Waals surface area contributed by atoms with Crippen LogP contribution in [0.1, 0.15) is 40.0 Å². The molecule has 15 heavy (non-hydrogen) atoms. The molecule has 0 fully saturated rings. The standard InChI is InChI=1S/C11H24N2O2/c1-4-15-7-5-6-11(14)13-10(3)8-9(2)12/h9-10H,4-8,12H2,1-3H3,(H,13,14). The number of carbonyl (C=O) groups is 1. The van der Waals surface area contributed by atoms with Gasteiger partial charge in [0.05, 0.1) is 0 Å². The summed E-state index contributed by atoms with van der Waals surface area (Å²) in [6.07, 6.45) is 2.13. The van der Waals surface area contributed by atoms with Crippen LogP contribution in [0.5, 0.6) is 0 Å². The molecule has 4 nitrogen and oxygen atoms in total. The predicted octanol–water partition coefficient (Wildman–Crippen LogP) is 1.05. The van der Waals surface area contributed by atoms with Gasteiger partial charge in [-0.1, -0.05) is 0 Å². The minimum absolute atomic E-state index is 0.0860. The molecule has 0 aromatic heterocycles. The lowest BCUT2D eigenvalue weighted by Gasteiger charge is -2.15. The van der Waals surface area contributed by atoms with Crippen LogP contribution in [0.15, 0.2) is 0 Å². The van der Waals surface area contributed by atoms with Gasteiger partial charge in [-0.25, -0.2) is 0 Å². The molecule has 1 amide bonds. The summed E-state index contributed by atoms with van der Waals surface area (Å²) in [5.74, 6) is 0.0860. The minimum Gasteiger partial charge on any atom is -0.382 e. The predicted molar refractivity (Wildman–Crippen MR) is 61.6 cm³/mol. The highest BCUT2D eigenvalue weighted by Crippen LogP contribution is 1.97. The molecule has 0 bridgehead atoms. The number of nitrogens with one attached hydrogen (secondary N) is 1. The van der Waals surface area contributed by atoms with Gasteiger partial charge >= 0.3 is 0 Å². The Balaban J connectivity index is 3.47. The molecular weight excluding hydrogens is 192 g/mol. The van der Waals surface area contributed by atoms with E-state index in [2.05, 4.69) is 5.32 Å². The van der Waals surface area contributed by atoms with Gasteiger partial charge in [0.1, 0.15) is 0 Å². The van der Waals surface area contributed by atoms with Crippen LogP contribution in [0.2, 0.25) is 0 Å². The van der Waals surface area contributed by atoms with Gasteiger partial charge in [0.15, 0.2) is 0 Å². The van der Waals surface area contributed by atoms with Crippen LogP contribution >= 0.6 is 0 Å². The molecule has 0 saturated carbocycles. The minimum atomic E-state index is 0.0860. The number of rotatable bonds is 8. The Labute approximate surface area is 92.6 Å². The summed E-state index contributed by atoms with van der Waals surface area (Å²) in [5.41, 5.74) is 5.64. The Bertz CT molecular complexity index is 172. The Morgan fingerprint density at radius 1 is 1.47 bits per heavy atom. The molecular formula is C11H24N2O2. The van der Waals surface area contributed by atoms with Gasteiger partial charge in [0.25, 0.3) is 0 Å². The highest BCUT2D eigenvalue weighted by molar-refractivity contribution is 5.76. The van der Waals surface area contributed by atoms with E-state index in [9.17, 15) is 4.79 Å². The fourth-order valence-electron chi connectivity index (χ4n) is 1.44. The molecule has 3 N–H and O–H groups in total. The average molecular weight is 216 g/mol. The van der Waals surface area contributed by atoms with E-state index in [1.807, 2.05) is 20.8 Å². The maximum Gasteiger partial charge on any atom is 0.220 e. The summed E-state index contributed by atoms with van der Waals surface area (Å²) in [5, 5.41) is 2.91. The Morgan fingerprint density at radius 2 is 2.13 bits per heavy atom. The molecule has 0 aliphatic heterocycles. The third-order valence-electron chi connectivity index (χ3n) is 2.03. The fraction of sp³-hybridized carbons (Fsp3) is 0.909. The number of hydrogen-bond donors (Lipinski definition) is 2. The summed E-state index contributed by atoms with van der Waals surface area (Å²) < 4.78 is 5.15. The lowest BCUT2D eigenvalue weighted by Crippen LogP contribution is -2.36. The van der Waals surface area contributed by atoms with Crippen molar-refractivity contribution in [2.45, 2.75) is 52.1 Å². The van der Waals surface area contributed by atoms with Crippen molar-refractivity contribution in [2.24, 2.45) is 5.73 Å². The van der Waals surface area contributed by atoms with E-state index < -0.39 is 0 Å². The monoisotopic (exact) mass is 216 g/mol. The number of carbonyl (C=O) groups excluding carboxylic acids is 1. The van der Waals surface area contributed by atoms with Gasteiger partial charge in [0, 0.05) is 31.7 Å². The zero-order valence-electron chi connectivity index (χ0n) is 10.1. The summed E-state index contributed by atoms with van der Waals surface area (Å²) in [6.45, 7) is 7.24. The van der Waals surface area contributed by atoms with E-state index in [1.165, 1.54) is 0 Å². The number of nitrogens with two attached hydrogens (primary N) is 1. The lowest BCUT2D eigenvalue weighted by molar-refractivity contribution is -0.122. The van der Waals surface area contributed by atoms with Crippen LogP contribution < -0.4 is 11.1 Å². The van der Waals surface area contributed by atoms with Gasteiger partial charge in [0.2, 0.25) is 5.91 Å². The van der Waals surface area contributed by atoms with Crippen molar-refractivity contribution in [1.29, 1.82) is 0 Å². The van der Waals surface area contributed by atoms with Crippen LogP contribution in [-0.2, 0) is 9.53 Å². The molecule has 0 aliphatic carbocycles. The molecule has 4 heteroatoms. The molecule has 0 heterocycles. The van der Waals surface area contributed by atoms with Crippen LogP contribution in [-0.4, -0.2) is 31.2 Å². The van der Waals surface area contributed by atoms with Crippen LogP contribution in [0, 0.1) is 0 Å². The normalized spacial score (nSPS) is 14.7. The van der Waals surface area contributed by atoms with Crippen molar-refractivity contribution in [3.63, 3.8) is 0 Å². The van der Waals surface area contributed by atoms with Gasteiger partial charge < -0.3 is 15.8 Å². The smallest absolute Gasteiger partial charge is 0.220 e. The number of ether oxygens (including phenoxy) is 1. The number of hydrogen-bond acceptors (Lipinski definition) is 3. The Morgan fingerprint density at radius 3 is 2.67 bits per heavy atom. The molecule has 90 valence electrons. The van der Waals surface area contributed by atoms with E-state index in [4.69, 9.17) is 10.5 Å². The van der Waals surface area contributed by atoms with E-state index in [0.717, 1.165) is 12.8 Å². The zero-order valence-corrected chi connectivity index (χ0v) is 10.1. The summed E-state index contributed by atoms with van der Waals surface area (Å²) in [6, 6.07) is 0.285. The van der Waals surface area contributed by atoms with Crippen LogP contribution in [0.3, 0.4) is 0 Å². The van der Waals surface area contributed by atoms with Crippen molar-refractivity contribution in [2.75, 3.05) is 13.2 Å². The molecule has 0 aromatic carbocycles. The third-order valence-corrected chi connectivity index (χ3v) is 2.03. The van der Waals surface area contributed by atoms with Gasteiger partial charge in [-0.15, -0.1) is 0 Å². The van der Waals surface area contributed by atoms with Crippen molar-refractivity contribution in [3.8, 4) is 0 Å². The average Bonchev–Trinajstić information content (AvgIpc) is 2.10. The summed E-state index contributed by atoms with van der Waals surface area (Å²) in [7, 11) is 0. The van der Waals surface area contributed by atoms with Crippen LogP contribution in [0.4, 0.5) is 0 Å². The van der Waals surface area contributed by atoms with Crippen molar-refractivity contribution >= 4 is 5.91 Å². The first-order valence-electron chi connectivity index (χ1n) is 5.69. The quantitative estimate of drug-likeness (QED) is 0.596. The van der Waals surface area contributed by atoms with E-state index in [0.29, 0.717) is 19.6 Å². The maximum absolute atomic E-state index is 11.4. The second kappa shape index (κ2) is 8.68. The first kappa shape index (κ1) is 14.4. The maximum atomic E-state index is 11.4. The number of amides is 1. The molecule has 0 saturated heterocycles. The molecule has 2 unspecified atom stereocenters. The fourth-order valence-corrected chi connectivity index (χ4v) is 1.44. The topological polar surface area (TPSA) is 64.3 Å². The second-order valence-electron chi connectivity index (χ2n) is 3.98. The molecule has 0 radical (unpaired) electrons. The first-order chi connectivity index (χ1) is 7.06. The van der Waals surface area contributed by atoms with Crippen molar-refractivity contribution < 1.29 is 9.53 Å².